The lowest BCUT2D eigenvalue weighted by molar-refractivity contribution is 1.16. The zero-order valence-corrected chi connectivity index (χ0v) is 18.8. The highest BCUT2D eigenvalue weighted by Crippen LogP contribution is 2.20. The summed E-state index contributed by atoms with van der Waals surface area (Å²) in [4.78, 5) is 4.85. The standard InChI is InChI=1S/C25H24ClNS2/c1-20-7-13-24(14-8-20)27-25(29-18-15-21-5-3-2-4-6-21)16-17-28-19-22-9-11-23(26)12-10-22/h2-14,16-17H,15,18-19H2,1H3. The molecule has 148 valence electrons. The van der Waals surface area contributed by atoms with Crippen LogP contribution in [0.2, 0.25) is 5.02 Å². The molecule has 0 spiro atoms. The first-order chi connectivity index (χ1) is 14.2. The minimum absolute atomic E-state index is 0.775. The van der Waals surface area contributed by atoms with Crippen molar-refractivity contribution in [1.82, 2.24) is 0 Å². The Bertz CT molecular complexity index is 933. The van der Waals surface area contributed by atoms with Crippen LogP contribution in [-0.4, -0.2) is 10.8 Å². The molecular weight excluding hydrogens is 414 g/mol. The molecule has 0 aliphatic rings. The molecule has 0 atom stereocenters. The lowest BCUT2D eigenvalue weighted by atomic mass is 10.2. The van der Waals surface area contributed by atoms with Gasteiger partial charge in [0, 0.05) is 16.5 Å². The van der Waals surface area contributed by atoms with Crippen molar-refractivity contribution in [2.75, 3.05) is 5.75 Å². The predicted molar refractivity (Wildman–Crippen MR) is 133 cm³/mol. The van der Waals surface area contributed by atoms with Crippen LogP contribution in [0.25, 0.3) is 0 Å². The van der Waals surface area contributed by atoms with Crippen molar-refractivity contribution in [2.24, 2.45) is 4.99 Å². The predicted octanol–water partition coefficient (Wildman–Crippen LogP) is 8.10. The highest BCUT2D eigenvalue weighted by Gasteiger charge is 2.00. The van der Waals surface area contributed by atoms with Crippen molar-refractivity contribution < 1.29 is 0 Å². The molecule has 3 rings (SSSR count). The van der Waals surface area contributed by atoms with Gasteiger partial charge in [-0.25, -0.2) is 4.99 Å². The van der Waals surface area contributed by atoms with Gasteiger partial charge in [0.05, 0.1) is 10.7 Å². The Balaban J connectivity index is 1.61. The van der Waals surface area contributed by atoms with Crippen molar-refractivity contribution in [1.29, 1.82) is 0 Å². The lowest BCUT2D eigenvalue weighted by Gasteiger charge is -2.04. The minimum Gasteiger partial charge on any atom is -0.242 e. The molecular formula is C25H24ClNS2. The monoisotopic (exact) mass is 437 g/mol. The molecule has 0 heterocycles. The number of benzene rings is 3. The van der Waals surface area contributed by atoms with Crippen LogP contribution < -0.4 is 0 Å². The van der Waals surface area contributed by atoms with E-state index in [2.05, 4.69) is 85.1 Å². The molecule has 0 radical (unpaired) electrons. The maximum absolute atomic E-state index is 5.95. The van der Waals surface area contributed by atoms with Crippen LogP contribution in [0.5, 0.6) is 0 Å². The van der Waals surface area contributed by atoms with Crippen molar-refractivity contribution >= 4 is 45.9 Å². The third-order valence-electron chi connectivity index (χ3n) is 4.23. The molecule has 0 saturated carbocycles. The van der Waals surface area contributed by atoms with Crippen molar-refractivity contribution in [3.8, 4) is 0 Å². The van der Waals surface area contributed by atoms with E-state index in [0.717, 1.165) is 33.7 Å². The molecule has 3 aromatic carbocycles. The van der Waals surface area contributed by atoms with Crippen molar-refractivity contribution in [3.05, 3.63) is 112 Å². The molecule has 1 nitrogen and oxygen atoms in total. The van der Waals surface area contributed by atoms with E-state index >= 15 is 0 Å². The summed E-state index contributed by atoms with van der Waals surface area (Å²) in [6.45, 7) is 2.09. The van der Waals surface area contributed by atoms with E-state index in [1.807, 2.05) is 12.1 Å². The van der Waals surface area contributed by atoms with Gasteiger partial charge in [-0.2, -0.15) is 0 Å². The first-order valence-corrected chi connectivity index (χ1v) is 11.9. The maximum atomic E-state index is 5.95. The smallest absolute Gasteiger partial charge is 0.0972 e. The van der Waals surface area contributed by atoms with E-state index in [9.17, 15) is 0 Å². The fourth-order valence-electron chi connectivity index (χ4n) is 2.61. The third kappa shape index (κ3) is 8.14. The van der Waals surface area contributed by atoms with E-state index in [1.165, 1.54) is 16.7 Å². The number of aliphatic imine (C=N–C) groups is 1. The summed E-state index contributed by atoms with van der Waals surface area (Å²) in [6, 6.07) is 26.9. The summed E-state index contributed by atoms with van der Waals surface area (Å²) in [6.07, 6.45) is 3.15. The average Bonchev–Trinajstić information content (AvgIpc) is 2.74. The van der Waals surface area contributed by atoms with E-state index in [1.54, 1.807) is 23.5 Å². The molecule has 0 aliphatic carbocycles. The highest BCUT2D eigenvalue weighted by molar-refractivity contribution is 8.14. The Kier molecular flexibility index (Phi) is 8.94. The fourth-order valence-corrected chi connectivity index (χ4v) is 4.41. The van der Waals surface area contributed by atoms with Gasteiger partial charge in [-0.3, -0.25) is 0 Å². The Morgan fingerprint density at radius 1 is 0.897 bits per heavy atom. The number of halogens is 1. The summed E-state index contributed by atoms with van der Waals surface area (Å²) in [5.74, 6) is 1.92. The second kappa shape index (κ2) is 11.9. The fraction of sp³-hybridized carbons (Fsp3) is 0.160. The van der Waals surface area contributed by atoms with Gasteiger partial charge in [0.1, 0.15) is 0 Å². The first-order valence-electron chi connectivity index (χ1n) is 9.54. The molecule has 0 unspecified atom stereocenters. The van der Waals surface area contributed by atoms with Crippen LogP contribution in [-0.2, 0) is 12.2 Å². The van der Waals surface area contributed by atoms with Crippen LogP contribution in [0.1, 0.15) is 16.7 Å². The molecule has 0 saturated heterocycles. The number of hydrogen-bond acceptors (Lipinski definition) is 3. The largest absolute Gasteiger partial charge is 0.242 e. The second-order valence-electron chi connectivity index (χ2n) is 6.61. The van der Waals surface area contributed by atoms with E-state index in [-0.39, 0.29) is 0 Å². The van der Waals surface area contributed by atoms with Crippen molar-refractivity contribution in [2.45, 2.75) is 19.1 Å². The molecule has 0 N–H and O–H groups in total. The molecule has 0 amide bonds. The van der Waals surface area contributed by atoms with Crippen LogP contribution in [0, 0.1) is 6.92 Å². The van der Waals surface area contributed by atoms with Crippen LogP contribution in [0.15, 0.2) is 95.3 Å². The van der Waals surface area contributed by atoms with Gasteiger partial charge in [-0.1, -0.05) is 71.8 Å². The van der Waals surface area contributed by atoms with Gasteiger partial charge >= 0.3 is 0 Å². The average molecular weight is 438 g/mol. The summed E-state index contributed by atoms with van der Waals surface area (Å²) in [5, 5.41) is 3.95. The zero-order valence-electron chi connectivity index (χ0n) is 16.4. The Morgan fingerprint density at radius 2 is 1.62 bits per heavy atom. The topological polar surface area (TPSA) is 12.4 Å². The van der Waals surface area contributed by atoms with E-state index in [0.29, 0.717) is 0 Å². The number of aryl methyl sites for hydroxylation is 2. The van der Waals surface area contributed by atoms with Gasteiger partial charge < -0.3 is 0 Å². The highest BCUT2D eigenvalue weighted by atomic mass is 35.5. The Labute approximate surface area is 187 Å². The van der Waals surface area contributed by atoms with Crippen LogP contribution in [0.3, 0.4) is 0 Å². The SMILES string of the molecule is Cc1ccc(N=C(C=CSCc2ccc(Cl)cc2)SCCc2ccccc2)cc1. The molecule has 29 heavy (non-hydrogen) atoms. The summed E-state index contributed by atoms with van der Waals surface area (Å²) in [7, 11) is 0. The number of hydrogen-bond donors (Lipinski definition) is 0. The second-order valence-corrected chi connectivity index (χ2v) is 9.06. The minimum atomic E-state index is 0.775. The lowest BCUT2D eigenvalue weighted by Crippen LogP contribution is -1.93. The van der Waals surface area contributed by atoms with Crippen LogP contribution in [0.4, 0.5) is 5.69 Å². The van der Waals surface area contributed by atoms with Crippen molar-refractivity contribution in [3.63, 3.8) is 0 Å². The van der Waals surface area contributed by atoms with Gasteiger partial charge in [0.2, 0.25) is 0 Å². The number of rotatable bonds is 8. The quantitative estimate of drug-likeness (QED) is 0.260. The molecule has 0 fully saturated rings. The van der Waals surface area contributed by atoms with E-state index < -0.39 is 0 Å². The van der Waals surface area contributed by atoms with Gasteiger partial charge in [0.25, 0.3) is 0 Å². The third-order valence-corrected chi connectivity index (χ3v) is 6.24. The Morgan fingerprint density at radius 3 is 2.34 bits per heavy atom. The molecule has 0 aromatic heterocycles. The molecule has 4 heteroatoms. The van der Waals surface area contributed by atoms with E-state index in [4.69, 9.17) is 16.6 Å². The van der Waals surface area contributed by atoms with Gasteiger partial charge in [0.15, 0.2) is 0 Å². The molecule has 0 aliphatic heterocycles. The molecule has 3 aromatic rings. The number of nitrogens with zero attached hydrogens (tertiary/aromatic N) is 1. The maximum Gasteiger partial charge on any atom is 0.0972 e. The summed E-state index contributed by atoms with van der Waals surface area (Å²) >= 11 is 9.52. The Hall–Kier alpha value is -1.94. The normalized spacial score (nSPS) is 11.9. The van der Waals surface area contributed by atoms with Crippen LogP contribution >= 0.6 is 35.1 Å². The summed E-state index contributed by atoms with van der Waals surface area (Å²) in [5.41, 5.74) is 4.86. The number of thioether (sulfide) groups is 2. The summed E-state index contributed by atoms with van der Waals surface area (Å²) < 4.78 is 0. The molecule has 0 bridgehead atoms. The zero-order chi connectivity index (χ0) is 20.3. The van der Waals surface area contributed by atoms with Gasteiger partial charge in [-0.15, -0.1) is 23.5 Å². The van der Waals surface area contributed by atoms with Gasteiger partial charge in [-0.05, 0) is 60.2 Å². The first kappa shape index (κ1) is 21.8.